The fraction of sp³-hybridized carbons (Fsp3) is 0.0714. The van der Waals surface area contributed by atoms with Crippen LogP contribution in [0.1, 0.15) is 15.9 Å². The molecular weight excluding hydrogens is 303 g/mol. The molecule has 0 aromatic heterocycles. The van der Waals surface area contributed by atoms with Gasteiger partial charge in [0.15, 0.2) is 0 Å². The Hall–Kier alpha value is -1.16. The number of hydrogen-bond donors (Lipinski definition) is 1. The molecule has 0 saturated carbocycles. The molecule has 0 aliphatic carbocycles. The molecule has 0 aliphatic rings. The number of rotatable bonds is 3. The van der Waals surface area contributed by atoms with E-state index in [4.69, 9.17) is 23.2 Å². The summed E-state index contributed by atoms with van der Waals surface area (Å²) in [5, 5.41) is 10.3. The van der Waals surface area contributed by atoms with E-state index in [1.165, 1.54) is 11.8 Å². The fourth-order valence-electron chi connectivity index (χ4n) is 1.56. The summed E-state index contributed by atoms with van der Waals surface area (Å²) in [4.78, 5) is 12.6. The lowest BCUT2D eigenvalue weighted by Crippen LogP contribution is -1.99. The van der Waals surface area contributed by atoms with Crippen LogP contribution >= 0.6 is 35.0 Å². The lowest BCUT2D eigenvalue weighted by Gasteiger charge is -2.08. The van der Waals surface area contributed by atoms with Crippen LogP contribution in [0.15, 0.2) is 46.2 Å². The Morgan fingerprint density at radius 2 is 1.84 bits per heavy atom. The zero-order valence-corrected chi connectivity index (χ0v) is 12.3. The van der Waals surface area contributed by atoms with Crippen molar-refractivity contribution in [3.8, 4) is 0 Å². The van der Waals surface area contributed by atoms with Gasteiger partial charge in [0.1, 0.15) is 0 Å². The molecular formula is C14H10Cl2O2S. The van der Waals surface area contributed by atoms with Crippen LogP contribution in [0.5, 0.6) is 0 Å². The van der Waals surface area contributed by atoms with E-state index in [0.717, 1.165) is 10.5 Å². The van der Waals surface area contributed by atoms with Gasteiger partial charge >= 0.3 is 5.97 Å². The number of aryl methyl sites for hydroxylation is 1. The van der Waals surface area contributed by atoms with Crippen molar-refractivity contribution in [2.45, 2.75) is 16.7 Å². The molecule has 0 atom stereocenters. The molecule has 2 aromatic rings. The molecule has 98 valence electrons. The predicted octanol–water partition coefficient (Wildman–Crippen LogP) is 5.15. The van der Waals surface area contributed by atoms with Gasteiger partial charge in [-0.1, -0.05) is 41.0 Å². The van der Waals surface area contributed by atoms with Gasteiger partial charge in [0.25, 0.3) is 0 Å². The summed E-state index contributed by atoms with van der Waals surface area (Å²) in [5.74, 6) is -0.958. The van der Waals surface area contributed by atoms with Gasteiger partial charge in [-0.3, -0.25) is 0 Å². The van der Waals surface area contributed by atoms with Crippen LogP contribution in [0.25, 0.3) is 0 Å². The number of hydrogen-bond acceptors (Lipinski definition) is 2. The molecule has 0 fully saturated rings. The van der Waals surface area contributed by atoms with Crippen LogP contribution in [0, 0.1) is 6.92 Å². The van der Waals surface area contributed by atoms with Gasteiger partial charge in [-0.2, -0.15) is 0 Å². The molecule has 0 bridgehead atoms. The summed E-state index contributed by atoms with van der Waals surface area (Å²) in [5.41, 5.74) is 1.25. The highest BCUT2D eigenvalue weighted by Gasteiger charge is 2.13. The second-order valence-corrected chi connectivity index (χ2v) is 5.91. The maximum atomic E-state index is 11.2. The van der Waals surface area contributed by atoms with Crippen LogP contribution in [0.3, 0.4) is 0 Å². The lowest BCUT2D eigenvalue weighted by molar-refractivity contribution is 0.0693. The van der Waals surface area contributed by atoms with Crippen molar-refractivity contribution in [1.29, 1.82) is 0 Å². The smallest absolute Gasteiger partial charge is 0.336 e. The maximum Gasteiger partial charge on any atom is 0.336 e. The Balaban J connectivity index is 2.45. The molecule has 2 nitrogen and oxygen atoms in total. The SMILES string of the molecule is Cc1ccc(C(=O)O)c(Sc2cc(Cl)ccc2Cl)c1. The fourth-order valence-corrected chi connectivity index (χ4v) is 3.13. The average molecular weight is 313 g/mol. The highest BCUT2D eigenvalue weighted by atomic mass is 35.5. The molecule has 1 N–H and O–H groups in total. The van der Waals surface area contributed by atoms with Gasteiger partial charge in [-0.15, -0.1) is 0 Å². The number of carboxylic acids is 1. The van der Waals surface area contributed by atoms with Crippen LogP contribution in [-0.2, 0) is 0 Å². The predicted molar refractivity (Wildman–Crippen MR) is 78.7 cm³/mol. The number of carbonyl (C=O) groups is 1. The first-order valence-electron chi connectivity index (χ1n) is 5.44. The van der Waals surface area contributed by atoms with Gasteiger partial charge in [-0.25, -0.2) is 4.79 Å². The Kier molecular flexibility index (Phi) is 4.40. The highest BCUT2D eigenvalue weighted by Crippen LogP contribution is 2.37. The Labute approximate surface area is 125 Å². The van der Waals surface area contributed by atoms with E-state index < -0.39 is 5.97 Å². The topological polar surface area (TPSA) is 37.3 Å². The minimum absolute atomic E-state index is 0.256. The van der Waals surface area contributed by atoms with Crippen molar-refractivity contribution >= 4 is 40.9 Å². The van der Waals surface area contributed by atoms with E-state index in [1.807, 2.05) is 13.0 Å². The molecule has 0 amide bonds. The second kappa shape index (κ2) is 5.87. The zero-order chi connectivity index (χ0) is 14.0. The third kappa shape index (κ3) is 3.44. The molecule has 2 aromatic carbocycles. The molecule has 2 rings (SSSR count). The molecule has 0 aliphatic heterocycles. The highest BCUT2D eigenvalue weighted by molar-refractivity contribution is 7.99. The minimum Gasteiger partial charge on any atom is -0.478 e. The number of carboxylic acid groups (broad SMARTS) is 1. The van der Waals surface area contributed by atoms with Crippen molar-refractivity contribution in [3.05, 3.63) is 57.6 Å². The maximum absolute atomic E-state index is 11.2. The zero-order valence-electron chi connectivity index (χ0n) is 9.98. The molecule has 0 heterocycles. The van der Waals surface area contributed by atoms with E-state index in [2.05, 4.69) is 0 Å². The summed E-state index contributed by atoms with van der Waals surface area (Å²) >= 11 is 13.3. The van der Waals surface area contributed by atoms with Gasteiger partial charge in [-0.05, 0) is 42.8 Å². The van der Waals surface area contributed by atoms with E-state index in [1.54, 1.807) is 30.3 Å². The Bertz CT molecular complexity index is 641. The first-order valence-corrected chi connectivity index (χ1v) is 7.01. The normalized spacial score (nSPS) is 10.5. The number of benzene rings is 2. The molecule has 0 unspecified atom stereocenters. The van der Waals surface area contributed by atoms with Crippen molar-refractivity contribution in [3.63, 3.8) is 0 Å². The minimum atomic E-state index is -0.958. The number of halogens is 2. The molecule has 0 spiro atoms. The summed E-state index contributed by atoms with van der Waals surface area (Å²) in [7, 11) is 0. The lowest BCUT2D eigenvalue weighted by atomic mass is 10.1. The van der Waals surface area contributed by atoms with Gasteiger partial charge in [0, 0.05) is 14.8 Å². The number of aromatic carboxylic acids is 1. The quantitative estimate of drug-likeness (QED) is 0.851. The van der Waals surface area contributed by atoms with Gasteiger partial charge in [0.05, 0.1) is 10.6 Å². The molecule has 0 radical (unpaired) electrons. The second-order valence-electron chi connectivity index (χ2n) is 3.98. The molecule has 5 heteroatoms. The molecule has 19 heavy (non-hydrogen) atoms. The Morgan fingerprint density at radius 1 is 1.11 bits per heavy atom. The largest absolute Gasteiger partial charge is 0.478 e. The van der Waals surface area contributed by atoms with Crippen LogP contribution in [0.2, 0.25) is 10.0 Å². The first-order chi connectivity index (χ1) is 8.97. The summed E-state index contributed by atoms with van der Waals surface area (Å²) in [6.45, 7) is 1.91. The van der Waals surface area contributed by atoms with Crippen LogP contribution in [-0.4, -0.2) is 11.1 Å². The molecule has 0 saturated heterocycles. The van der Waals surface area contributed by atoms with Gasteiger partial charge < -0.3 is 5.11 Å². The van der Waals surface area contributed by atoms with Crippen molar-refractivity contribution in [2.24, 2.45) is 0 Å². The Morgan fingerprint density at radius 3 is 2.53 bits per heavy atom. The third-order valence-electron chi connectivity index (χ3n) is 2.48. The summed E-state index contributed by atoms with van der Waals surface area (Å²) in [6, 6.07) is 10.3. The van der Waals surface area contributed by atoms with Crippen LogP contribution < -0.4 is 0 Å². The van der Waals surface area contributed by atoms with E-state index in [9.17, 15) is 9.90 Å². The van der Waals surface area contributed by atoms with Crippen molar-refractivity contribution < 1.29 is 9.90 Å². The van der Waals surface area contributed by atoms with E-state index in [-0.39, 0.29) is 5.56 Å². The first kappa shape index (κ1) is 14.3. The summed E-state index contributed by atoms with van der Waals surface area (Å²) in [6.07, 6.45) is 0. The average Bonchev–Trinajstić information content (AvgIpc) is 2.33. The standard InChI is InChI=1S/C14H10Cl2O2S/c1-8-2-4-10(14(17)18)12(6-8)19-13-7-9(15)3-5-11(13)16/h2-7H,1H3,(H,17,18). The van der Waals surface area contributed by atoms with E-state index >= 15 is 0 Å². The van der Waals surface area contributed by atoms with Crippen molar-refractivity contribution in [2.75, 3.05) is 0 Å². The third-order valence-corrected chi connectivity index (χ3v) is 4.27. The summed E-state index contributed by atoms with van der Waals surface area (Å²) < 4.78 is 0. The van der Waals surface area contributed by atoms with E-state index in [0.29, 0.717) is 14.9 Å². The van der Waals surface area contributed by atoms with Crippen molar-refractivity contribution in [1.82, 2.24) is 0 Å². The monoisotopic (exact) mass is 312 g/mol. The van der Waals surface area contributed by atoms with Gasteiger partial charge in [0.2, 0.25) is 0 Å². The van der Waals surface area contributed by atoms with Crippen LogP contribution in [0.4, 0.5) is 0 Å².